The molecule has 0 aliphatic carbocycles. The third kappa shape index (κ3) is 2.41. The van der Waals surface area contributed by atoms with Crippen LogP contribution in [0.1, 0.15) is 5.56 Å². The number of carbonyl (C=O) groups is 1. The van der Waals surface area contributed by atoms with Crippen LogP contribution in [0.4, 0.5) is 10.5 Å². The van der Waals surface area contributed by atoms with E-state index in [9.17, 15) is 4.79 Å². The van der Waals surface area contributed by atoms with Crippen molar-refractivity contribution in [1.82, 2.24) is 5.32 Å². The third-order valence-electron chi connectivity index (χ3n) is 2.46. The normalized spacial score (nSPS) is 19.3. The SMILES string of the molecule is Cc1cccc(SCC2CNC(=O)O2)c1N. The van der Waals surface area contributed by atoms with Crippen molar-refractivity contribution < 1.29 is 9.53 Å². The van der Waals surface area contributed by atoms with Crippen LogP contribution in [0.25, 0.3) is 0 Å². The first-order chi connectivity index (χ1) is 7.66. The first-order valence-electron chi connectivity index (χ1n) is 5.09. The number of rotatable bonds is 3. The predicted molar refractivity (Wildman–Crippen MR) is 64.6 cm³/mol. The summed E-state index contributed by atoms with van der Waals surface area (Å²) in [6.45, 7) is 2.56. The van der Waals surface area contributed by atoms with Crippen LogP contribution in [-0.4, -0.2) is 24.5 Å². The first kappa shape index (κ1) is 11.1. The summed E-state index contributed by atoms with van der Waals surface area (Å²) in [6.07, 6.45) is -0.389. The maximum atomic E-state index is 10.8. The van der Waals surface area contributed by atoms with Gasteiger partial charge in [0.05, 0.1) is 6.54 Å². The summed E-state index contributed by atoms with van der Waals surface area (Å²) in [5, 5.41) is 2.63. The fourth-order valence-electron chi connectivity index (χ4n) is 1.49. The van der Waals surface area contributed by atoms with Crippen molar-refractivity contribution in [2.45, 2.75) is 17.9 Å². The molecule has 0 aromatic heterocycles. The number of hydrogen-bond donors (Lipinski definition) is 2. The van der Waals surface area contributed by atoms with Gasteiger partial charge in [0.15, 0.2) is 0 Å². The molecule has 0 saturated carbocycles. The van der Waals surface area contributed by atoms with Gasteiger partial charge in [-0.25, -0.2) is 4.79 Å². The van der Waals surface area contributed by atoms with Gasteiger partial charge in [-0.2, -0.15) is 0 Å². The Balaban J connectivity index is 1.94. The summed E-state index contributed by atoms with van der Waals surface area (Å²) < 4.78 is 5.04. The maximum Gasteiger partial charge on any atom is 0.407 e. The van der Waals surface area contributed by atoms with E-state index in [1.165, 1.54) is 0 Å². The van der Waals surface area contributed by atoms with Crippen molar-refractivity contribution in [3.8, 4) is 0 Å². The minimum absolute atomic E-state index is 0.0580. The molecular formula is C11H14N2O2S. The molecule has 0 spiro atoms. The van der Waals surface area contributed by atoms with E-state index in [-0.39, 0.29) is 12.2 Å². The fraction of sp³-hybridized carbons (Fsp3) is 0.364. The topological polar surface area (TPSA) is 64.3 Å². The lowest BCUT2D eigenvalue weighted by Gasteiger charge is -2.10. The number of amides is 1. The summed E-state index contributed by atoms with van der Waals surface area (Å²) in [5.74, 6) is 0.729. The van der Waals surface area contributed by atoms with E-state index < -0.39 is 0 Å². The molecular weight excluding hydrogens is 224 g/mol. The Morgan fingerprint density at radius 3 is 3.12 bits per heavy atom. The van der Waals surface area contributed by atoms with Crippen LogP contribution in [0.15, 0.2) is 23.1 Å². The Morgan fingerprint density at radius 2 is 2.44 bits per heavy atom. The van der Waals surface area contributed by atoms with E-state index in [1.807, 2.05) is 25.1 Å². The number of alkyl carbamates (subject to hydrolysis) is 1. The molecule has 1 amide bonds. The number of para-hydroxylation sites is 1. The van der Waals surface area contributed by atoms with Crippen LogP contribution in [0.3, 0.4) is 0 Å². The molecule has 0 radical (unpaired) electrons. The number of nitrogens with one attached hydrogen (secondary N) is 1. The zero-order chi connectivity index (χ0) is 11.5. The average molecular weight is 238 g/mol. The fourth-order valence-corrected chi connectivity index (χ4v) is 2.53. The molecule has 1 fully saturated rings. The second kappa shape index (κ2) is 4.65. The summed E-state index contributed by atoms with van der Waals surface area (Å²) in [6, 6.07) is 5.95. The second-order valence-electron chi connectivity index (χ2n) is 3.71. The Bertz CT molecular complexity index is 409. The summed E-state index contributed by atoms with van der Waals surface area (Å²) >= 11 is 1.62. The quantitative estimate of drug-likeness (QED) is 0.622. The highest BCUT2D eigenvalue weighted by molar-refractivity contribution is 7.99. The predicted octanol–water partition coefficient (Wildman–Crippen LogP) is 1.78. The second-order valence-corrected chi connectivity index (χ2v) is 4.77. The smallest absolute Gasteiger partial charge is 0.407 e. The van der Waals surface area contributed by atoms with Gasteiger partial charge < -0.3 is 15.8 Å². The number of benzene rings is 1. The van der Waals surface area contributed by atoms with Crippen molar-refractivity contribution in [1.29, 1.82) is 0 Å². The van der Waals surface area contributed by atoms with Gasteiger partial charge in [-0.1, -0.05) is 12.1 Å². The van der Waals surface area contributed by atoms with Gasteiger partial charge in [0.1, 0.15) is 6.10 Å². The van der Waals surface area contributed by atoms with Crippen molar-refractivity contribution in [2.24, 2.45) is 0 Å². The Hall–Kier alpha value is -1.36. The van der Waals surface area contributed by atoms with Gasteiger partial charge in [-0.3, -0.25) is 0 Å². The molecule has 86 valence electrons. The number of anilines is 1. The maximum absolute atomic E-state index is 10.8. The minimum atomic E-state index is -0.331. The van der Waals surface area contributed by atoms with Crippen LogP contribution < -0.4 is 11.1 Å². The van der Waals surface area contributed by atoms with Gasteiger partial charge in [0, 0.05) is 16.3 Å². The molecule has 0 bridgehead atoms. The third-order valence-corrected chi connectivity index (χ3v) is 3.66. The van der Waals surface area contributed by atoms with E-state index in [0.29, 0.717) is 6.54 Å². The Labute approximate surface area is 98.5 Å². The largest absolute Gasteiger partial charge is 0.443 e. The van der Waals surface area contributed by atoms with E-state index >= 15 is 0 Å². The Kier molecular flexibility index (Phi) is 3.24. The van der Waals surface area contributed by atoms with Gasteiger partial charge >= 0.3 is 6.09 Å². The average Bonchev–Trinajstić information content (AvgIpc) is 2.67. The summed E-state index contributed by atoms with van der Waals surface area (Å²) in [5.41, 5.74) is 7.84. The molecule has 2 rings (SSSR count). The molecule has 1 aliphatic heterocycles. The number of carbonyl (C=O) groups excluding carboxylic acids is 1. The number of hydrogen-bond acceptors (Lipinski definition) is 4. The number of ether oxygens (including phenoxy) is 1. The Morgan fingerprint density at radius 1 is 1.62 bits per heavy atom. The van der Waals surface area contributed by atoms with E-state index in [1.54, 1.807) is 11.8 Å². The van der Waals surface area contributed by atoms with Gasteiger partial charge in [0.2, 0.25) is 0 Å². The van der Waals surface area contributed by atoms with Crippen LogP contribution in [0, 0.1) is 6.92 Å². The van der Waals surface area contributed by atoms with Crippen molar-refractivity contribution in [3.63, 3.8) is 0 Å². The molecule has 4 nitrogen and oxygen atoms in total. The standard InChI is InChI=1S/C11H14N2O2S/c1-7-3-2-4-9(10(7)12)16-6-8-5-13-11(14)15-8/h2-4,8H,5-6,12H2,1H3,(H,13,14). The lowest BCUT2D eigenvalue weighted by molar-refractivity contribution is 0.150. The van der Waals surface area contributed by atoms with Crippen LogP contribution in [0.2, 0.25) is 0 Å². The van der Waals surface area contributed by atoms with Crippen molar-refractivity contribution in [2.75, 3.05) is 18.0 Å². The molecule has 5 heteroatoms. The first-order valence-corrected chi connectivity index (χ1v) is 6.08. The lowest BCUT2D eigenvalue weighted by Crippen LogP contribution is -2.16. The molecule has 1 aromatic rings. The van der Waals surface area contributed by atoms with Crippen molar-refractivity contribution in [3.05, 3.63) is 23.8 Å². The monoisotopic (exact) mass is 238 g/mol. The van der Waals surface area contributed by atoms with Crippen LogP contribution in [-0.2, 0) is 4.74 Å². The number of thioether (sulfide) groups is 1. The number of cyclic esters (lactones) is 1. The number of nitrogens with two attached hydrogens (primary N) is 1. The molecule has 3 N–H and O–H groups in total. The zero-order valence-electron chi connectivity index (χ0n) is 9.03. The molecule has 1 heterocycles. The molecule has 1 unspecified atom stereocenters. The lowest BCUT2D eigenvalue weighted by atomic mass is 10.2. The molecule has 1 aliphatic rings. The van der Waals surface area contributed by atoms with Crippen LogP contribution >= 0.6 is 11.8 Å². The van der Waals surface area contributed by atoms with Crippen LogP contribution in [0.5, 0.6) is 0 Å². The highest BCUT2D eigenvalue weighted by Crippen LogP contribution is 2.28. The summed E-state index contributed by atoms with van der Waals surface area (Å²) in [7, 11) is 0. The highest BCUT2D eigenvalue weighted by Gasteiger charge is 2.22. The summed E-state index contributed by atoms with van der Waals surface area (Å²) in [4.78, 5) is 11.9. The van der Waals surface area contributed by atoms with Crippen molar-refractivity contribution >= 4 is 23.5 Å². The molecule has 1 atom stereocenters. The van der Waals surface area contributed by atoms with Gasteiger partial charge in [-0.05, 0) is 18.6 Å². The van der Waals surface area contributed by atoms with E-state index in [2.05, 4.69) is 5.32 Å². The number of aryl methyl sites for hydroxylation is 1. The molecule has 1 saturated heterocycles. The highest BCUT2D eigenvalue weighted by atomic mass is 32.2. The van der Waals surface area contributed by atoms with Gasteiger partial charge in [-0.15, -0.1) is 11.8 Å². The minimum Gasteiger partial charge on any atom is -0.443 e. The zero-order valence-corrected chi connectivity index (χ0v) is 9.84. The number of nitrogen functional groups attached to an aromatic ring is 1. The van der Waals surface area contributed by atoms with E-state index in [0.717, 1.165) is 21.9 Å². The molecule has 1 aromatic carbocycles. The van der Waals surface area contributed by atoms with E-state index in [4.69, 9.17) is 10.5 Å². The van der Waals surface area contributed by atoms with Gasteiger partial charge in [0.25, 0.3) is 0 Å². The molecule has 16 heavy (non-hydrogen) atoms.